The molecule has 1 rings (SSSR count). The zero-order valence-electron chi connectivity index (χ0n) is 11.8. The third-order valence-electron chi connectivity index (χ3n) is 2.97. The van der Waals surface area contributed by atoms with Gasteiger partial charge in [-0.1, -0.05) is 0 Å². The largest absolute Gasteiger partial charge is 0.383 e. The molecule has 20 heavy (non-hydrogen) atoms. The van der Waals surface area contributed by atoms with Gasteiger partial charge in [-0.05, 0) is 30.7 Å². The van der Waals surface area contributed by atoms with Crippen LogP contribution in [0.5, 0.6) is 0 Å². The summed E-state index contributed by atoms with van der Waals surface area (Å²) in [5, 5.41) is 8.66. The van der Waals surface area contributed by atoms with E-state index in [-0.39, 0.29) is 5.91 Å². The number of ether oxygens (including phenoxy) is 1. The molecule has 0 spiro atoms. The highest BCUT2D eigenvalue weighted by Crippen LogP contribution is 2.16. The monoisotopic (exact) mass is 276 g/mol. The SMILES string of the molecule is COCCN(CCC#N)C(=O)c1ccc(NN)c(C)c1. The van der Waals surface area contributed by atoms with Gasteiger partial charge in [0.25, 0.3) is 5.91 Å². The lowest BCUT2D eigenvalue weighted by Crippen LogP contribution is -2.34. The zero-order valence-corrected chi connectivity index (χ0v) is 11.8. The molecule has 6 nitrogen and oxygen atoms in total. The molecule has 0 fully saturated rings. The second-order valence-electron chi connectivity index (χ2n) is 4.37. The number of nitrogen functional groups attached to an aromatic ring is 1. The summed E-state index contributed by atoms with van der Waals surface area (Å²) in [4.78, 5) is 14.0. The van der Waals surface area contributed by atoms with Gasteiger partial charge in [0.1, 0.15) is 0 Å². The van der Waals surface area contributed by atoms with Gasteiger partial charge in [-0.2, -0.15) is 5.26 Å². The van der Waals surface area contributed by atoms with Crippen molar-refractivity contribution in [3.63, 3.8) is 0 Å². The van der Waals surface area contributed by atoms with E-state index in [2.05, 4.69) is 5.43 Å². The number of hydrogen-bond donors (Lipinski definition) is 2. The topological polar surface area (TPSA) is 91.4 Å². The van der Waals surface area contributed by atoms with Gasteiger partial charge in [0.2, 0.25) is 0 Å². The molecule has 108 valence electrons. The molecule has 0 saturated carbocycles. The highest BCUT2D eigenvalue weighted by molar-refractivity contribution is 5.95. The quantitative estimate of drug-likeness (QED) is 0.578. The fourth-order valence-corrected chi connectivity index (χ4v) is 1.84. The molecule has 0 saturated heterocycles. The van der Waals surface area contributed by atoms with Gasteiger partial charge in [0.05, 0.1) is 24.8 Å². The zero-order chi connectivity index (χ0) is 15.0. The lowest BCUT2D eigenvalue weighted by Gasteiger charge is -2.21. The molecule has 0 aliphatic rings. The highest BCUT2D eigenvalue weighted by atomic mass is 16.5. The molecule has 0 atom stereocenters. The second-order valence-corrected chi connectivity index (χ2v) is 4.37. The van der Waals surface area contributed by atoms with E-state index in [9.17, 15) is 4.79 Å². The number of carbonyl (C=O) groups excluding carboxylic acids is 1. The molecule has 0 aliphatic heterocycles. The smallest absolute Gasteiger partial charge is 0.253 e. The first kappa shape index (κ1) is 16.0. The first-order valence-corrected chi connectivity index (χ1v) is 6.36. The van der Waals surface area contributed by atoms with Crippen molar-refractivity contribution in [3.05, 3.63) is 29.3 Å². The first-order valence-electron chi connectivity index (χ1n) is 6.36. The number of rotatable bonds is 7. The number of aryl methyl sites for hydroxylation is 1. The summed E-state index contributed by atoms with van der Waals surface area (Å²) in [6, 6.07) is 7.31. The number of nitrogens with two attached hydrogens (primary N) is 1. The number of methoxy groups -OCH3 is 1. The molecule has 1 amide bonds. The van der Waals surface area contributed by atoms with E-state index in [0.29, 0.717) is 31.7 Å². The van der Waals surface area contributed by atoms with Crippen molar-refractivity contribution in [1.82, 2.24) is 4.90 Å². The van der Waals surface area contributed by atoms with Crippen molar-refractivity contribution >= 4 is 11.6 Å². The summed E-state index contributed by atoms with van der Waals surface area (Å²) < 4.78 is 5.00. The van der Waals surface area contributed by atoms with Crippen LogP contribution in [0.4, 0.5) is 5.69 Å². The first-order chi connectivity index (χ1) is 9.63. The van der Waals surface area contributed by atoms with Crippen LogP contribution in [0.1, 0.15) is 22.3 Å². The Hall–Kier alpha value is -2.10. The molecule has 1 aromatic rings. The van der Waals surface area contributed by atoms with Crippen molar-refractivity contribution in [3.8, 4) is 6.07 Å². The van der Waals surface area contributed by atoms with Crippen molar-refractivity contribution in [2.45, 2.75) is 13.3 Å². The van der Waals surface area contributed by atoms with Crippen LogP contribution in [0.2, 0.25) is 0 Å². The van der Waals surface area contributed by atoms with Crippen molar-refractivity contribution < 1.29 is 9.53 Å². The number of hydrogen-bond acceptors (Lipinski definition) is 5. The predicted octanol–water partition coefficient (Wildman–Crippen LogP) is 1.28. The molecule has 6 heteroatoms. The summed E-state index contributed by atoms with van der Waals surface area (Å²) in [7, 11) is 1.58. The fourth-order valence-electron chi connectivity index (χ4n) is 1.84. The lowest BCUT2D eigenvalue weighted by molar-refractivity contribution is 0.0700. The van der Waals surface area contributed by atoms with Crippen LogP contribution in [0, 0.1) is 18.3 Å². The Bertz CT molecular complexity index is 496. The van der Waals surface area contributed by atoms with Crippen LogP contribution in [-0.4, -0.2) is 37.6 Å². The standard InChI is InChI=1S/C14H20N4O2/c1-11-10-12(4-5-13(11)17-16)14(19)18(7-3-6-15)8-9-20-2/h4-5,10,17H,3,7-9,16H2,1-2H3. The molecule has 0 heterocycles. The molecule has 0 bridgehead atoms. The Morgan fingerprint density at radius 2 is 2.25 bits per heavy atom. The molecule has 0 unspecified atom stereocenters. The van der Waals surface area contributed by atoms with E-state index in [1.807, 2.05) is 13.0 Å². The Labute approximate surface area is 119 Å². The maximum Gasteiger partial charge on any atom is 0.253 e. The Morgan fingerprint density at radius 1 is 1.50 bits per heavy atom. The van der Waals surface area contributed by atoms with Gasteiger partial charge in [-0.15, -0.1) is 0 Å². The van der Waals surface area contributed by atoms with Gasteiger partial charge in [-0.25, -0.2) is 0 Å². The predicted molar refractivity (Wildman–Crippen MR) is 77.0 cm³/mol. The number of nitrogens with zero attached hydrogens (tertiary/aromatic N) is 2. The third-order valence-corrected chi connectivity index (χ3v) is 2.97. The summed E-state index contributed by atoms with van der Waals surface area (Å²) in [5.41, 5.74) is 4.82. The molecular formula is C14H20N4O2. The number of carbonyl (C=O) groups is 1. The van der Waals surface area contributed by atoms with Crippen LogP contribution in [0.3, 0.4) is 0 Å². The van der Waals surface area contributed by atoms with Crippen LogP contribution in [0.25, 0.3) is 0 Å². The van der Waals surface area contributed by atoms with Crippen molar-refractivity contribution in [1.29, 1.82) is 5.26 Å². The maximum absolute atomic E-state index is 12.4. The van der Waals surface area contributed by atoms with Gasteiger partial charge in [0.15, 0.2) is 0 Å². The van der Waals surface area contributed by atoms with E-state index in [1.54, 1.807) is 30.2 Å². The lowest BCUT2D eigenvalue weighted by atomic mass is 10.1. The number of hydrazine groups is 1. The van der Waals surface area contributed by atoms with E-state index < -0.39 is 0 Å². The number of nitriles is 1. The van der Waals surface area contributed by atoms with Crippen LogP contribution < -0.4 is 11.3 Å². The summed E-state index contributed by atoms with van der Waals surface area (Å²) in [6.45, 7) is 3.18. The third kappa shape index (κ3) is 4.23. The Morgan fingerprint density at radius 3 is 2.80 bits per heavy atom. The molecule has 0 aromatic heterocycles. The van der Waals surface area contributed by atoms with E-state index in [0.717, 1.165) is 11.3 Å². The van der Waals surface area contributed by atoms with Crippen LogP contribution in [-0.2, 0) is 4.74 Å². The summed E-state index contributed by atoms with van der Waals surface area (Å²) in [6.07, 6.45) is 0.302. The summed E-state index contributed by atoms with van der Waals surface area (Å²) >= 11 is 0. The Kier molecular flexibility index (Phi) is 6.50. The molecule has 1 aromatic carbocycles. The normalized spacial score (nSPS) is 9.90. The van der Waals surface area contributed by atoms with Gasteiger partial charge >= 0.3 is 0 Å². The second kappa shape index (κ2) is 8.15. The van der Waals surface area contributed by atoms with Gasteiger partial charge in [0, 0.05) is 25.8 Å². The molecular weight excluding hydrogens is 256 g/mol. The Balaban J connectivity index is 2.87. The molecule has 3 N–H and O–H groups in total. The van der Waals surface area contributed by atoms with Crippen molar-refractivity contribution in [2.24, 2.45) is 5.84 Å². The van der Waals surface area contributed by atoms with E-state index in [1.165, 1.54) is 0 Å². The van der Waals surface area contributed by atoms with E-state index in [4.69, 9.17) is 15.8 Å². The fraction of sp³-hybridized carbons (Fsp3) is 0.429. The average molecular weight is 276 g/mol. The molecule has 0 aliphatic carbocycles. The average Bonchev–Trinajstić information content (AvgIpc) is 2.46. The minimum Gasteiger partial charge on any atom is -0.383 e. The molecule has 0 radical (unpaired) electrons. The number of amides is 1. The van der Waals surface area contributed by atoms with Crippen LogP contribution >= 0.6 is 0 Å². The van der Waals surface area contributed by atoms with E-state index >= 15 is 0 Å². The maximum atomic E-state index is 12.4. The number of anilines is 1. The minimum absolute atomic E-state index is 0.107. The van der Waals surface area contributed by atoms with Gasteiger partial charge in [-0.3, -0.25) is 10.6 Å². The number of benzene rings is 1. The number of nitrogens with one attached hydrogen (secondary N) is 1. The van der Waals surface area contributed by atoms with Crippen LogP contribution in [0.15, 0.2) is 18.2 Å². The van der Waals surface area contributed by atoms with Crippen molar-refractivity contribution in [2.75, 3.05) is 32.2 Å². The summed E-state index contributed by atoms with van der Waals surface area (Å²) in [5.74, 6) is 5.26. The van der Waals surface area contributed by atoms with Gasteiger partial charge < -0.3 is 15.1 Å². The minimum atomic E-state index is -0.107. The highest BCUT2D eigenvalue weighted by Gasteiger charge is 2.16.